The van der Waals surface area contributed by atoms with Crippen molar-refractivity contribution in [2.45, 2.75) is 70.8 Å². The summed E-state index contributed by atoms with van der Waals surface area (Å²) in [7, 11) is 0. The van der Waals surface area contributed by atoms with Crippen LogP contribution in [0.3, 0.4) is 0 Å². The quantitative estimate of drug-likeness (QED) is 0.228. The minimum absolute atomic E-state index is 0.239. The highest BCUT2D eigenvalue weighted by Gasteiger charge is 2.54. The Kier molecular flexibility index (Phi) is 9.69. The molecule has 6 atom stereocenters. The number of esters is 1. The van der Waals surface area contributed by atoms with Gasteiger partial charge in [-0.15, -0.1) is 0 Å². The monoisotopic (exact) mass is 571 g/mol. The molecule has 1 aliphatic rings. The van der Waals surface area contributed by atoms with E-state index >= 15 is 0 Å². The Balaban J connectivity index is 1.85. The minimum Gasteiger partial charge on any atom is -0.462 e. The number of hydrogen-bond acceptors (Lipinski definition) is 10. The molecule has 0 bridgehead atoms. The Morgan fingerprint density at radius 3 is 2.47 bits per heavy atom. The summed E-state index contributed by atoms with van der Waals surface area (Å²) in [5.74, 6) is -0.375. The molecule has 1 aromatic heterocycles. The van der Waals surface area contributed by atoms with Gasteiger partial charge in [-0.25, -0.2) is 9.88 Å². The van der Waals surface area contributed by atoms with Crippen molar-refractivity contribution in [3.63, 3.8) is 0 Å². The fraction of sp³-hybridized carbons (Fsp3) is 0.542. The number of carbonyl (C=O) groups excluding carboxylic acids is 1. The zero-order chi connectivity index (χ0) is 28.3. The molecule has 12 nitrogen and oxygen atoms in total. The highest BCUT2D eigenvalue weighted by Crippen LogP contribution is 2.47. The lowest BCUT2D eigenvalue weighted by Gasteiger charge is -2.31. The third-order valence-electron chi connectivity index (χ3n) is 5.81. The average Bonchev–Trinajstić information content (AvgIpc) is 3.05. The summed E-state index contributed by atoms with van der Waals surface area (Å²) in [5.41, 5.74) is -3.36. The van der Waals surface area contributed by atoms with Crippen LogP contribution in [0.4, 0.5) is 0 Å². The number of hydrogen-bond donors (Lipinski definition) is 4. The van der Waals surface area contributed by atoms with Gasteiger partial charge in [0, 0.05) is 12.3 Å². The molecule has 3 rings (SSSR count). The van der Waals surface area contributed by atoms with Crippen molar-refractivity contribution in [2.24, 2.45) is 5.92 Å². The lowest BCUT2D eigenvalue weighted by molar-refractivity contribution is -0.150. The molecule has 1 unspecified atom stereocenters. The Morgan fingerprint density at radius 1 is 1.24 bits per heavy atom. The second-order valence-corrected chi connectivity index (χ2v) is 12.9. The fourth-order valence-electron chi connectivity index (χ4n) is 3.82. The number of carbonyl (C=O) groups is 1. The summed E-state index contributed by atoms with van der Waals surface area (Å²) in [4.78, 5) is 38.6. The molecule has 0 saturated carbocycles. The minimum atomic E-state index is -3.48. The summed E-state index contributed by atoms with van der Waals surface area (Å²) in [6.45, 7) is 4.56. The van der Waals surface area contributed by atoms with Crippen molar-refractivity contribution in [1.29, 1.82) is 0 Å². The smallest absolute Gasteiger partial charge is 0.330 e. The van der Waals surface area contributed by atoms with E-state index in [0.717, 1.165) is 16.8 Å². The van der Waals surface area contributed by atoms with E-state index in [4.69, 9.17) is 30.3 Å². The predicted molar refractivity (Wildman–Crippen MR) is 142 cm³/mol. The van der Waals surface area contributed by atoms with E-state index < -0.39 is 53.9 Å². The molecular formula is C24H34N3O9PS. The van der Waals surface area contributed by atoms with Crippen molar-refractivity contribution in [3.05, 3.63) is 63.4 Å². The highest BCUT2D eigenvalue weighted by atomic mass is 32.5. The lowest BCUT2D eigenvalue weighted by Crippen LogP contribution is -2.47. The van der Waals surface area contributed by atoms with Crippen molar-refractivity contribution in [3.8, 4) is 5.75 Å². The van der Waals surface area contributed by atoms with Crippen LogP contribution in [0.25, 0.3) is 0 Å². The zero-order valence-electron chi connectivity index (χ0n) is 21.8. The molecule has 1 aromatic carbocycles. The van der Waals surface area contributed by atoms with Gasteiger partial charge in [0.1, 0.15) is 29.6 Å². The summed E-state index contributed by atoms with van der Waals surface area (Å²) in [6.07, 6.45) is -3.16. The van der Waals surface area contributed by atoms with Gasteiger partial charge >= 0.3 is 18.3 Å². The Hall–Kier alpha value is -2.38. The number of para-hydroxylation sites is 1. The third-order valence-corrected chi connectivity index (χ3v) is 8.20. The van der Waals surface area contributed by atoms with Crippen molar-refractivity contribution in [2.75, 3.05) is 6.61 Å². The number of aromatic nitrogens is 2. The zero-order valence-corrected chi connectivity index (χ0v) is 23.5. The van der Waals surface area contributed by atoms with Gasteiger partial charge in [0.2, 0.25) is 0 Å². The van der Waals surface area contributed by atoms with E-state index in [0.29, 0.717) is 5.75 Å². The van der Waals surface area contributed by atoms with Gasteiger partial charge in [-0.2, -0.15) is 0 Å². The molecule has 38 heavy (non-hydrogen) atoms. The number of aromatic amines is 1. The SMILES string of the molecule is CC(C)OC(=O)[C@@H](NP(=S)(OC[C@H]1O[C@@H](n2ccc(=O)[nH]c2=O)[C@](C)(O)[C@@H]1O)Oc1ccccc1)C(C)C. The third kappa shape index (κ3) is 7.17. The molecule has 0 aliphatic carbocycles. The van der Waals surface area contributed by atoms with Gasteiger partial charge in [-0.1, -0.05) is 32.0 Å². The number of nitrogens with zero attached hydrogens (tertiary/aromatic N) is 1. The lowest BCUT2D eigenvalue weighted by atomic mass is 9.96. The number of aliphatic hydroxyl groups excluding tert-OH is 1. The van der Waals surface area contributed by atoms with Crippen molar-refractivity contribution >= 4 is 24.4 Å². The molecular weight excluding hydrogens is 537 g/mol. The van der Waals surface area contributed by atoms with Crippen LogP contribution in [0.2, 0.25) is 0 Å². The number of aliphatic hydroxyl groups is 2. The van der Waals surface area contributed by atoms with E-state index in [1.165, 1.54) is 6.92 Å². The molecule has 1 fully saturated rings. The number of rotatable bonds is 11. The standard InChI is InChI=1S/C24H34N3O9PS/c1-14(2)19(21(30)34-15(3)4)26-37(38,36-16-9-7-6-8-10-16)33-13-17-20(29)24(5,32)22(35-17)27-12-11-18(28)25-23(27)31/h6-12,14-15,17,19-20,22,29,32H,13H2,1-5H3,(H,26,38)(H,25,28,31)/t17-,19+,20-,22-,24-,37?/m1/s1. The average molecular weight is 572 g/mol. The topological polar surface area (TPSA) is 161 Å². The Bertz CT molecular complexity index is 1260. The van der Waals surface area contributed by atoms with Crippen LogP contribution in [0.5, 0.6) is 5.75 Å². The van der Waals surface area contributed by atoms with Crippen LogP contribution in [0, 0.1) is 5.92 Å². The predicted octanol–water partition coefficient (Wildman–Crippen LogP) is 1.43. The van der Waals surface area contributed by atoms with Crippen molar-refractivity contribution < 1.29 is 33.5 Å². The van der Waals surface area contributed by atoms with E-state index in [9.17, 15) is 24.6 Å². The second-order valence-electron chi connectivity index (χ2n) is 9.75. The van der Waals surface area contributed by atoms with Crippen LogP contribution >= 0.6 is 6.64 Å². The largest absolute Gasteiger partial charge is 0.462 e. The van der Waals surface area contributed by atoms with Crippen LogP contribution in [-0.2, 0) is 30.6 Å². The number of benzene rings is 1. The van der Waals surface area contributed by atoms with E-state index in [2.05, 4.69) is 10.1 Å². The maximum Gasteiger partial charge on any atom is 0.330 e. The van der Waals surface area contributed by atoms with Gasteiger partial charge in [-0.05, 0) is 50.6 Å². The van der Waals surface area contributed by atoms with Gasteiger partial charge < -0.3 is 28.7 Å². The van der Waals surface area contributed by atoms with Gasteiger partial charge in [0.15, 0.2) is 6.23 Å². The second kappa shape index (κ2) is 12.2. The number of ether oxygens (including phenoxy) is 2. The first kappa shape index (κ1) is 30.2. The maximum absolute atomic E-state index is 12.8. The molecule has 0 radical (unpaired) electrons. The van der Waals surface area contributed by atoms with Gasteiger partial charge in [-0.3, -0.25) is 19.1 Å². The molecule has 0 amide bonds. The first-order valence-corrected chi connectivity index (χ1v) is 14.7. The summed E-state index contributed by atoms with van der Waals surface area (Å²) in [5, 5.41) is 24.8. The number of H-pyrrole nitrogens is 1. The normalized spacial score (nSPS) is 25.8. The molecule has 1 aliphatic heterocycles. The molecule has 1 saturated heterocycles. The number of nitrogens with one attached hydrogen (secondary N) is 2. The molecule has 4 N–H and O–H groups in total. The van der Waals surface area contributed by atoms with Gasteiger partial charge in [0.25, 0.3) is 5.56 Å². The molecule has 2 aromatic rings. The maximum atomic E-state index is 12.8. The molecule has 210 valence electrons. The summed E-state index contributed by atoms with van der Waals surface area (Å²) in [6, 6.07) is 8.87. The van der Waals surface area contributed by atoms with E-state index in [-0.39, 0.29) is 18.6 Å². The van der Waals surface area contributed by atoms with E-state index in [1.807, 2.05) is 13.8 Å². The summed E-state index contributed by atoms with van der Waals surface area (Å²) >= 11 is 5.75. The highest BCUT2D eigenvalue weighted by molar-refractivity contribution is 8.09. The van der Waals surface area contributed by atoms with E-state index in [1.54, 1.807) is 44.2 Å². The fourth-order valence-corrected chi connectivity index (χ4v) is 6.27. The van der Waals surface area contributed by atoms with Crippen LogP contribution in [-0.4, -0.2) is 62.3 Å². The van der Waals surface area contributed by atoms with Crippen LogP contribution < -0.4 is 20.9 Å². The summed E-state index contributed by atoms with van der Waals surface area (Å²) < 4.78 is 24.2. The molecule has 0 spiro atoms. The first-order valence-electron chi connectivity index (χ1n) is 12.1. The van der Waals surface area contributed by atoms with Crippen LogP contribution in [0.15, 0.2) is 52.2 Å². The Morgan fingerprint density at radius 2 is 1.89 bits per heavy atom. The molecule has 14 heteroatoms. The van der Waals surface area contributed by atoms with Crippen LogP contribution in [0.1, 0.15) is 40.8 Å². The first-order chi connectivity index (χ1) is 17.7. The molecule has 2 heterocycles. The Labute approximate surface area is 225 Å². The van der Waals surface area contributed by atoms with Crippen molar-refractivity contribution in [1.82, 2.24) is 14.6 Å². The van der Waals surface area contributed by atoms with Gasteiger partial charge in [0.05, 0.1) is 12.7 Å².